The van der Waals surface area contributed by atoms with E-state index in [2.05, 4.69) is 62.0 Å². The molecule has 152 valence electrons. The summed E-state index contributed by atoms with van der Waals surface area (Å²) >= 11 is 0. The first-order chi connectivity index (χ1) is 14.3. The molecule has 0 radical (unpaired) electrons. The average molecular weight is 393 g/mol. The van der Waals surface area contributed by atoms with Crippen molar-refractivity contribution in [3.05, 3.63) is 48.3 Å². The number of nitrogens with zero attached hydrogens (tertiary/aromatic N) is 3. The lowest BCUT2D eigenvalue weighted by Gasteiger charge is -2.16. The van der Waals surface area contributed by atoms with Gasteiger partial charge in [0.25, 0.3) is 0 Å². The molecule has 0 saturated carbocycles. The van der Waals surface area contributed by atoms with Crippen molar-refractivity contribution in [2.45, 2.75) is 26.3 Å². The Hall–Kier alpha value is -3.06. The molecule has 0 bridgehead atoms. The largest absolute Gasteiger partial charge is 0.396 e. The Labute approximate surface area is 171 Å². The predicted octanol–water partition coefficient (Wildman–Crippen LogP) is 3.64. The molecule has 3 aromatic rings. The van der Waals surface area contributed by atoms with Crippen LogP contribution in [-0.4, -0.2) is 41.4 Å². The van der Waals surface area contributed by atoms with Crippen LogP contribution in [0.15, 0.2) is 42.7 Å². The summed E-state index contributed by atoms with van der Waals surface area (Å²) in [7, 11) is 0. The number of para-hydroxylation sites is 1. The molecule has 0 amide bonds. The first-order valence-corrected chi connectivity index (χ1v) is 10.2. The average Bonchev–Trinajstić information content (AvgIpc) is 3.16. The number of hydrogen-bond acceptors (Lipinski definition) is 7. The third kappa shape index (κ3) is 4.19. The lowest BCUT2D eigenvalue weighted by Crippen LogP contribution is -2.21. The van der Waals surface area contributed by atoms with Gasteiger partial charge in [0.2, 0.25) is 0 Å². The maximum atomic E-state index is 8.94. The Morgan fingerprint density at radius 2 is 2.03 bits per heavy atom. The molecule has 7 heteroatoms. The molecule has 0 spiro atoms. The topological polar surface area (TPSA) is 85.3 Å². The van der Waals surface area contributed by atoms with Gasteiger partial charge in [-0.2, -0.15) is 0 Å². The highest BCUT2D eigenvalue weighted by molar-refractivity contribution is 5.97. The van der Waals surface area contributed by atoms with E-state index < -0.39 is 0 Å². The summed E-state index contributed by atoms with van der Waals surface area (Å²) in [6.07, 6.45) is 3.38. The molecule has 2 heterocycles. The summed E-state index contributed by atoms with van der Waals surface area (Å²) in [6, 6.07) is 12.6. The van der Waals surface area contributed by atoms with Crippen LogP contribution in [0.5, 0.6) is 0 Å². The number of benzene rings is 2. The predicted molar refractivity (Wildman–Crippen MR) is 120 cm³/mol. The zero-order chi connectivity index (χ0) is 20.1. The summed E-state index contributed by atoms with van der Waals surface area (Å²) in [4.78, 5) is 11.3. The first kappa shape index (κ1) is 19.3. The highest BCUT2D eigenvalue weighted by atomic mass is 16.2. The zero-order valence-electron chi connectivity index (χ0n) is 16.8. The van der Waals surface area contributed by atoms with Gasteiger partial charge in [-0.05, 0) is 43.5 Å². The molecular formula is C22H28N6O. The number of unbranched alkanes of at least 4 members (excludes halogenated alkanes) is 1. The SMILES string of the molecule is CCN1CNc2cc3c(NCc4ccccc4NCCCCO)ncnc3cc21. The van der Waals surface area contributed by atoms with Crippen molar-refractivity contribution in [1.29, 1.82) is 0 Å². The molecule has 4 N–H and O–H groups in total. The van der Waals surface area contributed by atoms with E-state index in [-0.39, 0.29) is 6.61 Å². The Morgan fingerprint density at radius 3 is 2.90 bits per heavy atom. The van der Waals surface area contributed by atoms with Crippen molar-refractivity contribution in [3.63, 3.8) is 0 Å². The van der Waals surface area contributed by atoms with Crippen LogP contribution in [0.1, 0.15) is 25.3 Å². The van der Waals surface area contributed by atoms with Crippen LogP contribution < -0.4 is 20.9 Å². The molecule has 4 rings (SSSR count). The number of fused-ring (bicyclic) bond motifs is 2. The van der Waals surface area contributed by atoms with Gasteiger partial charge in [-0.25, -0.2) is 9.97 Å². The second-order valence-electron chi connectivity index (χ2n) is 7.17. The van der Waals surface area contributed by atoms with Crippen molar-refractivity contribution < 1.29 is 5.11 Å². The Kier molecular flexibility index (Phi) is 5.95. The minimum atomic E-state index is 0.236. The molecule has 1 aliphatic rings. The fraction of sp³-hybridized carbons (Fsp3) is 0.364. The number of rotatable bonds is 9. The lowest BCUT2D eigenvalue weighted by molar-refractivity contribution is 0.286. The second kappa shape index (κ2) is 8.96. The number of aliphatic hydroxyl groups is 1. The second-order valence-corrected chi connectivity index (χ2v) is 7.17. The Balaban J connectivity index is 1.52. The first-order valence-electron chi connectivity index (χ1n) is 10.2. The minimum absolute atomic E-state index is 0.236. The van der Waals surface area contributed by atoms with Gasteiger partial charge in [-0.1, -0.05) is 18.2 Å². The van der Waals surface area contributed by atoms with Crippen molar-refractivity contribution >= 4 is 33.8 Å². The summed E-state index contributed by atoms with van der Waals surface area (Å²) in [5.74, 6) is 0.838. The van der Waals surface area contributed by atoms with Crippen molar-refractivity contribution in [1.82, 2.24) is 9.97 Å². The molecule has 0 saturated heterocycles. The van der Waals surface area contributed by atoms with E-state index in [1.54, 1.807) is 6.33 Å². The van der Waals surface area contributed by atoms with Gasteiger partial charge < -0.3 is 26.0 Å². The fourth-order valence-electron chi connectivity index (χ4n) is 3.67. The smallest absolute Gasteiger partial charge is 0.137 e. The number of aromatic nitrogens is 2. The van der Waals surface area contributed by atoms with E-state index in [9.17, 15) is 0 Å². The van der Waals surface area contributed by atoms with E-state index in [0.717, 1.165) is 60.7 Å². The third-order valence-corrected chi connectivity index (χ3v) is 5.30. The van der Waals surface area contributed by atoms with Crippen LogP contribution >= 0.6 is 0 Å². The number of nitrogens with one attached hydrogen (secondary N) is 3. The van der Waals surface area contributed by atoms with Crippen LogP contribution in [-0.2, 0) is 6.54 Å². The van der Waals surface area contributed by atoms with E-state index in [4.69, 9.17) is 5.11 Å². The Bertz CT molecular complexity index is 977. The molecular weight excluding hydrogens is 364 g/mol. The highest BCUT2D eigenvalue weighted by Gasteiger charge is 2.19. The van der Waals surface area contributed by atoms with Gasteiger partial charge >= 0.3 is 0 Å². The summed E-state index contributed by atoms with van der Waals surface area (Å²) in [5, 5.41) is 20.4. The normalized spacial score (nSPS) is 12.7. The van der Waals surface area contributed by atoms with Gasteiger partial charge in [0, 0.05) is 37.3 Å². The summed E-state index contributed by atoms with van der Waals surface area (Å²) in [6.45, 7) is 5.70. The van der Waals surface area contributed by atoms with Gasteiger partial charge in [0.15, 0.2) is 0 Å². The van der Waals surface area contributed by atoms with Crippen molar-refractivity contribution in [2.75, 3.05) is 47.2 Å². The number of anilines is 4. The molecule has 7 nitrogen and oxygen atoms in total. The molecule has 0 unspecified atom stereocenters. The van der Waals surface area contributed by atoms with E-state index >= 15 is 0 Å². The summed E-state index contributed by atoms with van der Waals surface area (Å²) in [5.41, 5.74) is 5.56. The number of hydrogen-bond donors (Lipinski definition) is 4. The quantitative estimate of drug-likeness (QED) is 0.414. The molecule has 1 aliphatic heterocycles. The molecule has 0 atom stereocenters. The molecule has 29 heavy (non-hydrogen) atoms. The van der Waals surface area contributed by atoms with Gasteiger partial charge in [0.1, 0.15) is 12.1 Å². The van der Waals surface area contributed by atoms with Crippen LogP contribution in [0.4, 0.5) is 22.9 Å². The van der Waals surface area contributed by atoms with E-state index in [0.29, 0.717) is 6.54 Å². The standard InChI is InChI=1S/C22H28N6O/c1-2-28-15-27-20-11-17-19(12-21(20)28)25-14-26-22(17)24-13-16-7-3-4-8-18(16)23-9-5-6-10-29/h3-4,7-8,11-12,14,23,27,29H,2,5-6,9-10,13,15H2,1H3,(H,24,25,26). The van der Waals surface area contributed by atoms with Gasteiger partial charge in [-0.3, -0.25) is 0 Å². The third-order valence-electron chi connectivity index (χ3n) is 5.30. The minimum Gasteiger partial charge on any atom is -0.396 e. The monoisotopic (exact) mass is 392 g/mol. The Morgan fingerprint density at radius 1 is 1.14 bits per heavy atom. The number of aliphatic hydroxyl groups excluding tert-OH is 1. The van der Waals surface area contributed by atoms with Crippen molar-refractivity contribution in [3.8, 4) is 0 Å². The van der Waals surface area contributed by atoms with E-state index in [1.807, 2.05) is 12.1 Å². The maximum Gasteiger partial charge on any atom is 0.137 e. The molecule has 0 fully saturated rings. The van der Waals surface area contributed by atoms with Crippen molar-refractivity contribution in [2.24, 2.45) is 0 Å². The molecule has 0 aliphatic carbocycles. The van der Waals surface area contributed by atoms with Gasteiger partial charge in [-0.15, -0.1) is 0 Å². The van der Waals surface area contributed by atoms with Crippen LogP contribution in [0, 0.1) is 0 Å². The fourth-order valence-corrected chi connectivity index (χ4v) is 3.67. The molecule has 1 aromatic heterocycles. The zero-order valence-corrected chi connectivity index (χ0v) is 16.8. The van der Waals surface area contributed by atoms with Crippen LogP contribution in [0.2, 0.25) is 0 Å². The van der Waals surface area contributed by atoms with Crippen LogP contribution in [0.3, 0.4) is 0 Å². The molecule has 2 aromatic carbocycles. The van der Waals surface area contributed by atoms with Crippen LogP contribution in [0.25, 0.3) is 10.9 Å². The van der Waals surface area contributed by atoms with E-state index in [1.165, 1.54) is 11.3 Å². The maximum absolute atomic E-state index is 8.94. The highest BCUT2D eigenvalue weighted by Crippen LogP contribution is 2.36. The van der Waals surface area contributed by atoms with Gasteiger partial charge in [0.05, 0.1) is 23.6 Å². The summed E-state index contributed by atoms with van der Waals surface area (Å²) < 4.78 is 0. The lowest BCUT2D eigenvalue weighted by atomic mass is 10.1.